The number of rotatable bonds is 6. The van der Waals surface area contributed by atoms with Crippen LogP contribution in [0.2, 0.25) is 0 Å². The zero-order valence-electron chi connectivity index (χ0n) is 12.8. The van der Waals surface area contributed by atoms with Crippen LogP contribution >= 0.6 is 0 Å². The number of ether oxygens (including phenoxy) is 2. The smallest absolute Gasteiger partial charge is 0.340 e. The van der Waals surface area contributed by atoms with Crippen LogP contribution in [0.5, 0.6) is 11.5 Å². The molecule has 0 aliphatic rings. The second kappa shape index (κ2) is 8.36. The first-order valence-electron chi connectivity index (χ1n) is 7.10. The van der Waals surface area contributed by atoms with Gasteiger partial charge in [0.05, 0.1) is 6.61 Å². The maximum absolute atomic E-state index is 13.3. The van der Waals surface area contributed by atoms with E-state index in [0.29, 0.717) is 17.1 Å². The molecule has 0 saturated heterocycles. The summed E-state index contributed by atoms with van der Waals surface area (Å²) in [5.41, 5.74) is 8.89. The first kappa shape index (κ1) is 17.1. The number of hydrogen-bond acceptors (Lipinski definition) is 4. The number of nitrogens with zero attached hydrogens (tertiary/aromatic N) is 3. The number of hydrogen-bond donors (Lipinski definition) is 0. The molecule has 0 unspecified atom stereocenters. The molecule has 0 aliphatic carbocycles. The summed E-state index contributed by atoms with van der Waals surface area (Å²) in [6, 6.07) is 12.4. The summed E-state index contributed by atoms with van der Waals surface area (Å²) in [6.45, 7) is 1.80. The van der Waals surface area contributed by atoms with E-state index < -0.39 is 11.8 Å². The quantitative estimate of drug-likeness (QED) is 0.250. The molecule has 0 aliphatic heterocycles. The number of esters is 1. The lowest BCUT2D eigenvalue weighted by Gasteiger charge is -2.09. The fraction of sp³-hybridized carbons (Fsp3) is 0.118. The second-order valence-electron chi connectivity index (χ2n) is 4.54. The zero-order chi connectivity index (χ0) is 17.4. The third-order valence-corrected chi connectivity index (χ3v) is 2.87. The van der Waals surface area contributed by atoms with Crippen molar-refractivity contribution in [1.29, 1.82) is 0 Å². The van der Waals surface area contributed by atoms with Crippen LogP contribution in [0.15, 0.2) is 59.3 Å². The minimum Gasteiger partial charge on any atom is -0.462 e. The van der Waals surface area contributed by atoms with Crippen molar-refractivity contribution < 1.29 is 18.7 Å². The number of benzene rings is 2. The Morgan fingerprint density at radius 3 is 2.79 bits per heavy atom. The summed E-state index contributed by atoms with van der Waals surface area (Å²) in [5.74, 6) is -0.493. The zero-order valence-corrected chi connectivity index (χ0v) is 12.8. The van der Waals surface area contributed by atoms with Crippen LogP contribution in [0, 0.1) is 5.82 Å². The lowest BCUT2D eigenvalue weighted by Crippen LogP contribution is -2.05. The van der Waals surface area contributed by atoms with Crippen molar-refractivity contribution in [1.82, 2.24) is 0 Å². The van der Waals surface area contributed by atoms with Gasteiger partial charge in [0.15, 0.2) is 0 Å². The van der Waals surface area contributed by atoms with Crippen LogP contribution in [-0.2, 0) is 9.53 Å². The largest absolute Gasteiger partial charge is 0.462 e. The van der Waals surface area contributed by atoms with E-state index in [-0.39, 0.29) is 12.3 Å². The SMILES string of the molecule is CCOC(=O)C(=Cc1ccccc1Oc1cccc(F)c1)N=[N+]=[N-]. The fourth-order valence-electron chi connectivity index (χ4n) is 1.88. The molecule has 24 heavy (non-hydrogen) atoms. The molecular weight excluding hydrogens is 313 g/mol. The summed E-state index contributed by atoms with van der Waals surface area (Å²) in [6.07, 6.45) is 1.35. The summed E-state index contributed by atoms with van der Waals surface area (Å²) in [7, 11) is 0. The highest BCUT2D eigenvalue weighted by molar-refractivity contribution is 5.93. The molecule has 0 bridgehead atoms. The predicted molar refractivity (Wildman–Crippen MR) is 86.7 cm³/mol. The van der Waals surface area contributed by atoms with E-state index in [1.54, 1.807) is 37.3 Å². The fourth-order valence-corrected chi connectivity index (χ4v) is 1.88. The van der Waals surface area contributed by atoms with Gasteiger partial charge in [-0.1, -0.05) is 29.4 Å². The van der Waals surface area contributed by atoms with Gasteiger partial charge >= 0.3 is 5.97 Å². The van der Waals surface area contributed by atoms with Gasteiger partial charge in [0.25, 0.3) is 0 Å². The van der Waals surface area contributed by atoms with Crippen molar-refractivity contribution in [3.8, 4) is 11.5 Å². The number of carbonyl (C=O) groups excluding carboxylic acids is 1. The highest BCUT2D eigenvalue weighted by Crippen LogP contribution is 2.27. The van der Waals surface area contributed by atoms with Gasteiger partial charge in [-0.15, -0.1) is 0 Å². The molecule has 6 nitrogen and oxygen atoms in total. The minimum atomic E-state index is -0.740. The molecule has 0 aromatic heterocycles. The summed E-state index contributed by atoms with van der Waals surface area (Å²) in [5, 5.41) is 3.35. The van der Waals surface area contributed by atoms with Gasteiger partial charge < -0.3 is 9.47 Å². The Labute approximate surface area is 137 Å². The molecule has 122 valence electrons. The molecule has 0 saturated carbocycles. The third kappa shape index (κ3) is 4.59. The Bertz CT molecular complexity index is 814. The molecule has 2 aromatic carbocycles. The van der Waals surface area contributed by atoms with E-state index in [0.717, 1.165) is 0 Å². The molecule has 0 heterocycles. The van der Waals surface area contributed by atoms with Gasteiger partial charge in [0.2, 0.25) is 0 Å². The Balaban J connectivity index is 2.38. The second-order valence-corrected chi connectivity index (χ2v) is 4.54. The van der Waals surface area contributed by atoms with Crippen molar-refractivity contribution in [2.45, 2.75) is 6.92 Å². The van der Waals surface area contributed by atoms with Crippen LogP contribution < -0.4 is 4.74 Å². The molecule has 0 N–H and O–H groups in total. The normalized spacial score (nSPS) is 10.7. The molecule has 0 fully saturated rings. The highest BCUT2D eigenvalue weighted by atomic mass is 19.1. The van der Waals surface area contributed by atoms with Crippen LogP contribution in [0.25, 0.3) is 16.5 Å². The maximum atomic E-state index is 13.3. The van der Waals surface area contributed by atoms with Crippen molar-refractivity contribution >= 4 is 12.0 Å². The average molecular weight is 327 g/mol. The Hall–Kier alpha value is -3.31. The van der Waals surface area contributed by atoms with Crippen molar-refractivity contribution in [2.75, 3.05) is 6.61 Å². The van der Waals surface area contributed by atoms with E-state index in [9.17, 15) is 9.18 Å². The molecule has 7 heteroatoms. The third-order valence-electron chi connectivity index (χ3n) is 2.87. The van der Waals surface area contributed by atoms with Crippen molar-refractivity contribution in [3.63, 3.8) is 0 Å². The summed E-state index contributed by atoms with van der Waals surface area (Å²) < 4.78 is 23.7. The lowest BCUT2D eigenvalue weighted by molar-refractivity contribution is -0.138. The van der Waals surface area contributed by atoms with Crippen LogP contribution in [0.4, 0.5) is 4.39 Å². The van der Waals surface area contributed by atoms with Gasteiger partial charge in [0, 0.05) is 16.5 Å². The van der Waals surface area contributed by atoms with Gasteiger partial charge in [-0.3, -0.25) is 0 Å². The topological polar surface area (TPSA) is 84.3 Å². The first-order chi connectivity index (χ1) is 11.6. The van der Waals surface area contributed by atoms with Crippen LogP contribution in [0.1, 0.15) is 12.5 Å². The molecule has 0 amide bonds. The van der Waals surface area contributed by atoms with Gasteiger partial charge in [-0.25, -0.2) is 9.18 Å². The van der Waals surface area contributed by atoms with Gasteiger partial charge in [-0.05, 0) is 36.7 Å². The highest BCUT2D eigenvalue weighted by Gasteiger charge is 2.11. The van der Waals surface area contributed by atoms with E-state index in [1.807, 2.05) is 0 Å². The molecule has 0 radical (unpaired) electrons. The van der Waals surface area contributed by atoms with Gasteiger partial charge in [0.1, 0.15) is 23.0 Å². The number of azide groups is 1. The number of halogens is 1. The average Bonchev–Trinajstić information content (AvgIpc) is 2.56. The van der Waals surface area contributed by atoms with Gasteiger partial charge in [-0.2, -0.15) is 0 Å². The monoisotopic (exact) mass is 327 g/mol. The lowest BCUT2D eigenvalue weighted by atomic mass is 10.1. The van der Waals surface area contributed by atoms with E-state index in [1.165, 1.54) is 24.3 Å². The molecular formula is C17H14FN3O3. The summed E-state index contributed by atoms with van der Waals surface area (Å²) in [4.78, 5) is 14.4. The Kier molecular flexibility index (Phi) is 5.94. The molecule has 0 spiro atoms. The van der Waals surface area contributed by atoms with E-state index in [2.05, 4.69) is 10.0 Å². The maximum Gasteiger partial charge on any atom is 0.340 e. The van der Waals surface area contributed by atoms with Crippen LogP contribution in [0.3, 0.4) is 0 Å². The molecule has 2 aromatic rings. The van der Waals surface area contributed by atoms with E-state index >= 15 is 0 Å². The predicted octanol–water partition coefficient (Wildman–Crippen LogP) is 4.83. The Morgan fingerprint density at radius 2 is 2.08 bits per heavy atom. The Morgan fingerprint density at radius 1 is 1.29 bits per heavy atom. The first-order valence-corrected chi connectivity index (χ1v) is 7.10. The summed E-state index contributed by atoms with van der Waals surface area (Å²) >= 11 is 0. The molecule has 0 atom stereocenters. The number of para-hydroxylation sites is 1. The number of carbonyl (C=O) groups is 1. The minimum absolute atomic E-state index is 0.151. The van der Waals surface area contributed by atoms with Crippen molar-refractivity contribution in [3.05, 3.63) is 76.1 Å². The van der Waals surface area contributed by atoms with E-state index in [4.69, 9.17) is 15.0 Å². The molecule has 2 rings (SSSR count). The van der Waals surface area contributed by atoms with Crippen LogP contribution in [-0.4, -0.2) is 12.6 Å². The standard InChI is InChI=1S/C17H14FN3O3/c1-2-23-17(22)15(20-21-19)10-12-6-3-4-9-16(12)24-14-8-5-7-13(18)11-14/h3-11H,2H2,1H3. The van der Waals surface area contributed by atoms with Crippen molar-refractivity contribution in [2.24, 2.45) is 5.11 Å².